The maximum Gasteiger partial charge on any atom is 0.271 e. The number of benzene rings is 1. The molecule has 1 N–H and O–H groups in total. The van der Waals surface area contributed by atoms with Crippen LogP contribution in [0.15, 0.2) is 18.2 Å². The van der Waals surface area contributed by atoms with E-state index in [0.29, 0.717) is 6.04 Å². The van der Waals surface area contributed by atoms with E-state index in [2.05, 4.69) is 10.2 Å². The van der Waals surface area contributed by atoms with Gasteiger partial charge in [0.2, 0.25) is 0 Å². The van der Waals surface area contributed by atoms with Crippen LogP contribution in [0.3, 0.4) is 0 Å². The van der Waals surface area contributed by atoms with E-state index in [4.69, 9.17) is 0 Å². The number of non-ortho nitro benzene ring substituents is 1. The van der Waals surface area contributed by atoms with Crippen LogP contribution in [-0.4, -0.2) is 31.1 Å². The molecule has 1 atom stereocenters. The van der Waals surface area contributed by atoms with E-state index < -0.39 is 0 Å². The fraction of sp³-hybridized carbons (Fsp3) is 0.538. The van der Waals surface area contributed by atoms with Gasteiger partial charge in [0.1, 0.15) is 0 Å². The van der Waals surface area contributed by atoms with Crippen LogP contribution in [0.1, 0.15) is 18.4 Å². The Labute approximate surface area is 107 Å². The molecule has 0 saturated carbocycles. The zero-order chi connectivity index (χ0) is 13.1. The minimum absolute atomic E-state index is 0.177. The van der Waals surface area contributed by atoms with Crippen molar-refractivity contribution in [2.24, 2.45) is 0 Å². The maximum absolute atomic E-state index is 10.9. The fourth-order valence-electron chi connectivity index (χ4n) is 2.48. The van der Waals surface area contributed by atoms with Gasteiger partial charge in [0, 0.05) is 37.0 Å². The van der Waals surface area contributed by atoms with Gasteiger partial charge in [-0.25, -0.2) is 0 Å². The Morgan fingerprint density at radius 2 is 2.22 bits per heavy atom. The molecular formula is C13H19N3O2. The largest absolute Gasteiger partial charge is 0.370 e. The molecule has 0 amide bonds. The molecule has 1 saturated heterocycles. The second kappa shape index (κ2) is 5.35. The van der Waals surface area contributed by atoms with E-state index in [0.717, 1.165) is 30.8 Å². The van der Waals surface area contributed by atoms with E-state index in [1.807, 2.05) is 20.0 Å². The van der Waals surface area contributed by atoms with E-state index in [9.17, 15) is 10.1 Å². The third-order valence-corrected chi connectivity index (χ3v) is 3.45. The molecule has 0 aliphatic carbocycles. The van der Waals surface area contributed by atoms with Gasteiger partial charge in [0.05, 0.1) is 4.92 Å². The summed E-state index contributed by atoms with van der Waals surface area (Å²) in [6.45, 7) is 3.78. The first kappa shape index (κ1) is 12.8. The summed E-state index contributed by atoms with van der Waals surface area (Å²) < 4.78 is 0. The summed E-state index contributed by atoms with van der Waals surface area (Å²) >= 11 is 0. The molecule has 1 heterocycles. The Morgan fingerprint density at radius 3 is 2.89 bits per heavy atom. The van der Waals surface area contributed by atoms with Crippen LogP contribution < -0.4 is 10.2 Å². The van der Waals surface area contributed by atoms with Gasteiger partial charge >= 0.3 is 0 Å². The Hall–Kier alpha value is -1.62. The highest BCUT2D eigenvalue weighted by Crippen LogP contribution is 2.26. The lowest BCUT2D eigenvalue weighted by atomic mass is 10.0. The van der Waals surface area contributed by atoms with Crippen LogP contribution in [0.25, 0.3) is 0 Å². The number of aryl methyl sites for hydroxylation is 1. The molecule has 1 unspecified atom stereocenters. The van der Waals surface area contributed by atoms with Crippen LogP contribution in [0, 0.1) is 17.0 Å². The van der Waals surface area contributed by atoms with Crippen LogP contribution in [0.4, 0.5) is 11.4 Å². The number of nitrogens with one attached hydrogen (secondary N) is 1. The predicted molar refractivity (Wildman–Crippen MR) is 72.1 cm³/mol. The molecule has 1 fully saturated rings. The van der Waals surface area contributed by atoms with Gasteiger partial charge in [-0.3, -0.25) is 10.1 Å². The number of hydrogen-bond donors (Lipinski definition) is 1. The van der Waals surface area contributed by atoms with Gasteiger partial charge in [0.25, 0.3) is 5.69 Å². The minimum Gasteiger partial charge on any atom is -0.370 e. The van der Waals surface area contributed by atoms with Crippen LogP contribution in [0.5, 0.6) is 0 Å². The van der Waals surface area contributed by atoms with Gasteiger partial charge in [-0.2, -0.15) is 0 Å². The molecular weight excluding hydrogens is 230 g/mol. The maximum atomic E-state index is 10.9. The number of nitro benzene ring substituents is 1. The van der Waals surface area contributed by atoms with Crippen LogP contribution in [-0.2, 0) is 0 Å². The summed E-state index contributed by atoms with van der Waals surface area (Å²) in [5.41, 5.74) is 2.07. The standard InChI is InChI=1S/C13H19N3O2/c1-10-6-12(8-13(7-10)16(17)18)15-5-3-4-11(9-15)14-2/h6-8,11,14H,3-5,9H2,1-2H3. The molecule has 1 aliphatic rings. The summed E-state index contributed by atoms with van der Waals surface area (Å²) in [6, 6.07) is 5.78. The first-order valence-electron chi connectivity index (χ1n) is 6.28. The van der Waals surface area contributed by atoms with E-state index in [1.54, 1.807) is 12.1 Å². The van der Waals surface area contributed by atoms with Crippen molar-refractivity contribution < 1.29 is 4.92 Å². The Morgan fingerprint density at radius 1 is 1.44 bits per heavy atom. The molecule has 98 valence electrons. The predicted octanol–water partition coefficient (Wildman–Crippen LogP) is 2.09. The smallest absolute Gasteiger partial charge is 0.271 e. The lowest BCUT2D eigenvalue weighted by Crippen LogP contribution is -2.44. The van der Waals surface area contributed by atoms with Crippen molar-refractivity contribution in [3.8, 4) is 0 Å². The van der Waals surface area contributed by atoms with Crippen molar-refractivity contribution in [2.45, 2.75) is 25.8 Å². The zero-order valence-corrected chi connectivity index (χ0v) is 10.8. The van der Waals surface area contributed by atoms with Crippen LogP contribution >= 0.6 is 0 Å². The monoisotopic (exact) mass is 249 g/mol. The Balaban J connectivity index is 2.24. The van der Waals surface area contributed by atoms with Crippen molar-refractivity contribution >= 4 is 11.4 Å². The van der Waals surface area contributed by atoms with Crippen molar-refractivity contribution in [2.75, 3.05) is 25.0 Å². The zero-order valence-electron chi connectivity index (χ0n) is 10.8. The van der Waals surface area contributed by atoms with Crippen molar-refractivity contribution in [1.29, 1.82) is 0 Å². The first-order chi connectivity index (χ1) is 8.60. The normalized spacial score (nSPS) is 19.9. The van der Waals surface area contributed by atoms with Gasteiger partial charge in [-0.1, -0.05) is 0 Å². The highest BCUT2D eigenvalue weighted by molar-refractivity contribution is 5.56. The fourth-order valence-corrected chi connectivity index (χ4v) is 2.48. The SMILES string of the molecule is CNC1CCCN(c2cc(C)cc([N+](=O)[O-])c2)C1. The second-order valence-electron chi connectivity index (χ2n) is 4.86. The second-order valence-corrected chi connectivity index (χ2v) is 4.86. The summed E-state index contributed by atoms with van der Waals surface area (Å²) in [5, 5.41) is 14.2. The molecule has 0 spiro atoms. The van der Waals surface area contributed by atoms with Gasteiger partial charge in [0.15, 0.2) is 0 Å². The number of piperidine rings is 1. The summed E-state index contributed by atoms with van der Waals surface area (Å²) in [4.78, 5) is 12.8. The van der Waals surface area contributed by atoms with Gasteiger partial charge in [-0.05, 0) is 38.4 Å². The molecule has 1 aromatic rings. The van der Waals surface area contributed by atoms with Crippen molar-refractivity contribution in [3.05, 3.63) is 33.9 Å². The highest BCUT2D eigenvalue weighted by Gasteiger charge is 2.20. The van der Waals surface area contributed by atoms with Crippen molar-refractivity contribution in [3.63, 3.8) is 0 Å². The third kappa shape index (κ3) is 2.79. The lowest BCUT2D eigenvalue weighted by Gasteiger charge is -2.34. The number of anilines is 1. The molecule has 0 aromatic heterocycles. The number of likely N-dealkylation sites (N-methyl/N-ethyl adjacent to an activating group) is 1. The molecule has 1 aromatic carbocycles. The molecule has 18 heavy (non-hydrogen) atoms. The third-order valence-electron chi connectivity index (χ3n) is 3.45. The van der Waals surface area contributed by atoms with E-state index >= 15 is 0 Å². The minimum atomic E-state index is -0.323. The summed E-state index contributed by atoms with van der Waals surface area (Å²) in [7, 11) is 1.97. The number of rotatable bonds is 3. The van der Waals surface area contributed by atoms with Gasteiger partial charge < -0.3 is 10.2 Å². The number of hydrogen-bond acceptors (Lipinski definition) is 4. The molecule has 2 rings (SSSR count). The average Bonchev–Trinajstić information content (AvgIpc) is 2.38. The molecule has 0 bridgehead atoms. The topological polar surface area (TPSA) is 58.4 Å². The summed E-state index contributed by atoms with van der Waals surface area (Å²) in [5.74, 6) is 0. The highest BCUT2D eigenvalue weighted by atomic mass is 16.6. The molecule has 0 radical (unpaired) electrons. The first-order valence-corrected chi connectivity index (χ1v) is 6.28. The number of nitrogens with zero attached hydrogens (tertiary/aromatic N) is 2. The van der Waals surface area contributed by atoms with E-state index in [1.165, 1.54) is 6.42 Å². The molecule has 1 aliphatic heterocycles. The van der Waals surface area contributed by atoms with E-state index in [-0.39, 0.29) is 10.6 Å². The van der Waals surface area contributed by atoms with Crippen LogP contribution in [0.2, 0.25) is 0 Å². The Kier molecular flexibility index (Phi) is 3.81. The summed E-state index contributed by atoms with van der Waals surface area (Å²) in [6.07, 6.45) is 2.29. The quantitative estimate of drug-likeness (QED) is 0.658. The molecule has 5 nitrogen and oxygen atoms in total. The lowest BCUT2D eigenvalue weighted by molar-refractivity contribution is -0.384. The number of nitro groups is 1. The average molecular weight is 249 g/mol. The molecule has 5 heteroatoms. The Bertz CT molecular complexity index is 448. The van der Waals surface area contributed by atoms with Gasteiger partial charge in [-0.15, -0.1) is 0 Å². The van der Waals surface area contributed by atoms with Crippen molar-refractivity contribution in [1.82, 2.24) is 5.32 Å².